The number of methoxy groups -OCH3 is 1. The lowest BCUT2D eigenvalue weighted by Crippen LogP contribution is -2.33. The molecule has 1 atom stereocenters. The molecule has 0 saturated heterocycles. The molecule has 1 unspecified atom stereocenters. The average molecular weight is 377 g/mol. The Morgan fingerprint density at radius 3 is 2.77 bits per heavy atom. The second kappa shape index (κ2) is 8.87. The summed E-state index contributed by atoms with van der Waals surface area (Å²) in [4.78, 5) is 14.3. The summed E-state index contributed by atoms with van der Waals surface area (Å²) < 4.78 is 6.87. The van der Waals surface area contributed by atoms with E-state index in [4.69, 9.17) is 16.3 Å². The molecular weight excluding hydrogens is 352 g/mol. The van der Waals surface area contributed by atoms with Crippen LogP contribution in [-0.4, -0.2) is 48.3 Å². The highest BCUT2D eigenvalue weighted by Crippen LogP contribution is 2.22. The Labute approximate surface area is 159 Å². The molecule has 1 aromatic carbocycles. The predicted octanol–water partition coefficient (Wildman–Crippen LogP) is 2.82. The van der Waals surface area contributed by atoms with E-state index in [1.807, 2.05) is 45.3 Å². The largest absolute Gasteiger partial charge is 0.497 e. The molecule has 0 saturated carbocycles. The van der Waals surface area contributed by atoms with Crippen molar-refractivity contribution in [2.45, 2.75) is 13.0 Å². The van der Waals surface area contributed by atoms with Gasteiger partial charge in [-0.2, -0.15) is 5.10 Å². The Balaban J connectivity index is 2.04. The van der Waals surface area contributed by atoms with Gasteiger partial charge in [-0.15, -0.1) is 0 Å². The van der Waals surface area contributed by atoms with Gasteiger partial charge in [0.15, 0.2) is 0 Å². The number of benzene rings is 1. The number of rotatable bonds is 7. The van der Waals surface area contributed by atoms with Gasteiger partial charge in [0, 0.05) is 25.2 Å². The quantitative estimate of drug-likeness (QED) is 0.755. The number of ether oxygens (including phenoxy) is 1. The van der Waals surface area contributed by atoms with Crippen LogP contribution in [0.3, 0.4) is 0 Å². The number of nitrogens with zero attached hydrogens (tertiary/aromatic N) is 3. The Hall–Kier alpha value is -2.31. The van der Waals surface area contributed by atoms with Crippen LogP contribution in [0.2, 0.25) is 5.15 Å². The lowest BCUT2D eigenvalue weighted by atomic mass is 10.1. The van der Waals surface area contributed by atoms with Crippen LogP contribution < -0.4 is 10.1 Å². The molecule has 1 aromatic heterocycles. The van der Waals surface area contributed by atoms with E-state index in [0.29, 0.717) is 11.7 Å². The van der Waals surface area contributed by atoms with E-state index in [1.165, 1.54) is 6.08 Å². The molecule has 6 nitrogen and oxygen atoms in total. The highest BCUT2D eigenvalue weighted by molar-refractivity contribution is 6.31. The number of carbonyl (C=O) groups is 1. The first kappa shape index (κ1) is 20.0. The fraction of sp³-hybridized carbons (Fsp3) is 0.368. The van der Waals surface area contributed by atoms with Crippen LogP contribution in [0.4, 0.5) is 0 Å². The first-order valence-electron chi connectivity index (χ1n) is 8.29. The van der Waals surface area contributed by atoms with E-state index in [2.05, 4.69) is 15.3 Å². The summed E-state index contributed by atoms with van der Waals surface area (Å²) in [6, 6.07) is 7.88. The van der Waals surface area contributed by atoms with Gasteiger partial charge >= 0.3 is 0 Å². The molecule has 0 radical (unpaired) electrons. The van der Waals surface area contributed by atoms with Gasteiger partial charge in [-0.25, -0.2) is 0 Å². The summed E-state index contributed by atoms with van der Waals surface area (Å²) in [7, 11) is 7.36. The van der Waals surface area contributed by atoms with Crippen LogP contribution in [0.15, 0.2) is 30.3 Å². The summed E-state index contributed by atoms with van der Waals surface area (Å²) >= 11 is 6.17. The highest BCUT2D eigenvalue weighted by atomic mass is 35.5. The van der Waals surface area contributed by atoms with Crippen LogP contribution in [0.5, 0.6) is 5.75 Å². The first-order chi connectivity index (χ1) is 12.3. The minimum Gasteiger partial charge on any atom is -0.497 e. The van der Waals surface area contributed by atoms with Gasteiger partial charge < -0.3 is 15.0 Å². The SMILES string of the molecule is COc1cccc(C(CNC(=O)/C=C/c2c(C)nn(C)c2Cl)N(C)C)c1. The molecule has 0 bridgehead atoms. The smallest absolute Gasteiger partial charge is 0.244 e. The number of nitrogens with one attached hydrogen (secondary N) is 1. The van der Waals surface area contributed by atoms with Crippen molar-refractivity contribution >= 4 is 23.6 Å². The maximum Gasteiger partial charge on any atom is 0.244 e. The van der Waals surface area contributed by atoms with Gasteiger partial charge in [-0.1, -0.05) is 23.7 Å². The Bertz CT molecular complexity index is 799. The maximum absolute atomic E-state index is 12.2. The van der Waals surface area contributed by atoms with E-state index in [9.17, 15) is 4.79 Å². The number of carbonyl (C=O) groups excluding carboxylic acids is 1. The number of likely N-dealkylation sites (N-methyl/N-ethyl adjacent to an activating group) is 1. The minimum atomic E-state index is -0.181. The highest BCUT2D eigenvalue weighted by Gasteiger charge is 2.15. The molecule has 1 N–H and O–H groups in total. The summed E-state index contributed by atoms with van der Waals surface area (Å²) in [6.45, 7) is 2.33. The molecule has 26 heavy (non-hydrogen) atoms. The fourth-order valence-corrected chi connectivity index (χ4v) is 2.94. The molecule has 0 aliphatic heterocycles. The summed E-state index contributed by atoms with van der Waals surface area (Å²) in [6.07, 6.45) is 3.17. The number of halogens is 1. The average Bonchev–Trinajstić information content (AvgIpc) is 2.85. The molecule has 7 heteroatoms. The van der Waals surface area contributed by atoms with Gasteiger partial charge in [0.05, 0.1) is 18.8 Å². The van der Waals surface area contributed by atoms with Crippen molar-refractivity contribution in [3.63, 3.8) is 0 Å². The van der Waals surface area contributed by atoms with E-state index in [1.54, 1.807) is 24.9 Å². The monoisotopic (exact) mass is 376 g/mol. The van der Waals surface area contributed by atoms with E-state index in [0.717, 1.165) is 22.6 Å². The second-order valence-electron chi connectivity index (χ2n) is 6.25. The van der Waals surface area contributed by atoms with E-state index in [-0.39, 0.29) is 11.9 Å². The van der Waals surface area contributed by atoms with E-state index >= 15 is 0 Å². The van der Waals surface area contributed by atoms with Crippen molar-refractivity contribution in [3.8, 4) is 5.75 Å². The van der Waals surface area contributed by atoms with Crippen LogP contribution in [0.1, 0.15) is 22.9 Å². The molecule has 1 amide bonds. The van der Waals surface area contributed by atoms with Gasteiger partial charge in [0.1, 0.15) is 10.9 Å². The van der Waals surface area contributed by atoms with E-state index < -0.39 is 0 Å². The topological polar surface area (TPSA) is 59.4 Å². The Morgan fingerprint density at radius 2 is 2.19 bits per heavy atom. The number of aromatic nitrogens is 2. The molecule has 2 aromatic rings. The minimum absolute atomic E-state index is 0.0335. The fourth-order valence-electron chi connectivity index (χ4n) is 2.70. The van der Waals surface area contributed by atoms with Crippen LogP contribution in [-0.2, 0) is 11.8 Å². The Kier molecular flexibility index (Phi) is 6.83. The van der Waals surface area contributed by atoms with Crippen molar-refractivity contribution in [2.75, 3.05) is 27.7 Å². The summed E-state index contributed by atoms with van der Waals surface area (Å²) in [5.74, 6) is 0.612. The maximum atomic E-state index is 12.2. The number of hydrogen-bond acceptors (Lipinski definition) is 4. The third-order valence-electron chi connectivity index (χ3n) is 4.17. The molecular formula is C19H25ClN4O2. The molecule has 1 heterocycles. The molecule has 140 valence electrons. The van der Waals surface area contributed by atoms with Crippen molar-refractivity contribution in [1.82, 2.24) is 20.0 Å². The van der Waals surface area contributed by atoms with Gasteiger partial charge in [-0.05, 0) is 44.8 Å². The lowest BCUT2D eigenvalue weighted by Gasteiger charge is -2.25. The van der Waals surface area contributed by atoms with Gasteiger partial charge in [0.25, 0.3) is 0 Å². The van der Waals surface area contributed by atoms with Crippen LogP contribution >= 0.6 is 11.6 Å². The molecule has 0 fully saturated rings. The molecule has 2 rings (SSSR count). The van der Waals surface area contributed by atoms with Gasteiger partial charge in [-0.3, -0.25) is 9.48 Å². The number of hydrogen-bond donors (Lipinski definition) is 1. The number of aryl methyl sites for hydroxylation is 2. The molecule has 0 aliphatic rings. The normalized spacial score (nSPS) is 12.6. The summed E-state index contributed by atoms with van der Waals surface area (Å²) in [5, 5.41) is 7.67. The van der Waals surface area contributed by atoms with Crippen LogP contribution in [0, 0.1) is 6.92 Å². The number of amides is 1. The van der Waals surface area contributed by atoms with Crippen molar-refractivity contribution in [3.05, 3.63) is 52.3 Å². The zero-order valence-corrected chi connectivity index (χ0v) is 16.5. The third kappa shape index (κ3) is 4.86. The zero-order valence-electron chi connectivity index (χ0n) is 15.8. The van der Waals surface area contributed by atoms with Crippen molar-refractivity contribution < 1.29 is 9.53 Å². The van der Waals surface area contributed by atoms with Crippen molar-refractivity contribution in [2.24, 2.45) is 7.05 Å². The Morgan fingerprint density at radius 1 is 1.46 bits per heavy atom. The second-order valence-corrected chi connectivity index (χ2v) is 6.61. The lowest BCUT2D eigenvalue weighted by molar-refractivity contribution is -0.116. The first-order valence-corrected chi connectivity index (χ1v) is 8.66. The van der Waals surface area contributed by atoms with Crippen LogP contribution in [0.25, 0.3) is 6.08 Å². The molecule has 0 aliphatic carbocycles. The third-order valence-corrected chi connectivity index (χ3v) is 4.62. The zero-order chi connectivity index (χ0) is 19.3. The van der Waals surface area contributed by atoms with Crippen molar-refractivity contribution in [1.29, 1.82) is 0 Å². The van der Waals surface area contributed by atoms with Gasteiger partial charge in [0.2, 0.25) is 5.91 Å². The summed E-state index contributed by atoms with van der Waals surface area (Å²) in [5.41, 5.74) is 2.61. The molecule has 0 spiro atoms. The standard InChI is InChI=1S/C19H25ClN4O2/c1-13-16(19(20)24(4)22-13)9-10-18(25)21-12-17(23(2)3)14-7-6-8-15(11-14)26-5/h6-11,17H,12H2,1-5H3,(H,21,25)/b10-9+. The predicted molar refractivity (Wildman–Crippen MR) is 104 cm³/mol.